The molecule has 0 aliphatic carbocycles. The van der Waals surface area contributed by atoms with Gasteiger partial charge in [-0.2, -0.15) is 5.26 Å². The van der Waals surface area contributed by atoms with E-state index in [4.69, 9.17) is 0 Å². The lowest BCUT2D eigenvalue weighted by Crippen LogP contribution is -2.27. The highest BCUT2D eigenvalue weighted by atomic mass is 16.1. The van der Waals surface area contributed by atoms with E-state index in [1.807, 2.05) is 10.6 Å². The van der Waals surface area contributed by atoms with Gasteiger partial charge in [0.1, 0.15) is 5.82 Å². The Kier molecular flexibility index (Phi) is 4.33. The van der Waals surface area contributed by atoms with Crippen molar-refractivity contribution in [2.24, 2.45) is 0 Å². The van der Waals surface area contributed by atoms with Crippen LogP contribution in [-0.4, -0.2) is 25.1 Å². The third-order valence-corrected chi connectivity index (χ3v) is 4.07. The first-order valence-corrected chi connectivity index (χ1v) is 7.70. The lowest BCUT2D eigenvalue weighted by Gasteiger charge is -2.11. The van der Waals surface area contributed by atoms with Gasteiger partial charge in [-0.25, -0.2) is 0 Å². The first kappa shape index (κ1) is 15.2. The van der Waals surface area contributed by atoms with Gasteiger partial charge in [-0.15, -0.1) is 10.2 Å². The van der Waals surface area contributed by atoms with Crippen LogP contribution in [0, 0.1) is 11.3 Å². The Morgan fingerprint density at radius 3 is 2.96 bits per heavy atom. The molecule has 0 saturated heterocycles. The van der Waals surface area contributed by atoms with Gasteiger partial charge in [-0.1, -0.05) is 12.5 Å². The van der Waals surface area contributed by atoms with Crippen molar-refractivity contribution in [1.82, 2.24) is 19.3 Å². The third kappa shape index (κ3) is 3.06. The van der Waals surface area contributed by atoms with Crippen molar-refractivity contribution < 1.29 is 4.79 Å². The molecule has 0 unspecified atom stereocenters. The number of carbonyl (C=O) groups is 1. The van der Waals surface area contributed by atoms with Crippen LogP contribution in [0.2, 0.25) is 0 Å². The van der Waals surface area contributed by atoms with E-state index in [1.165, 1.54) is 10.6 Å². The lowest BCUT2D eigenvalue weighted by atomic mass is 10.0. The Hall–Kier alpha value is -2.75. The molecule has 2 aromatic rings. The molecule has 0 fully saturated rings. The van der Waals surface area contributed by atoms with E-state index >= 15 is 0 Å². The first-order valence-electron chi connectivity index (χ1n) is 7.70. The highest BCUT2D eigenvalue weighted by molar-refractivity contribution is 5.87. The van der Waals surface area contributed by atoms with Crippen LogP contribution in [-0.2, 0) is 24.3 Å². The number of rotatable bonds is 4. The van der Waals surface area contributed by atoms with Crippen molar-refractivity contribution in [1.29, 1.82) is 5.26 Å². The molecule has 0 amide bonds. The number of aromatic nitrogens is 4. The van der Waals surface area contributed by atoms with Gasteiger partial charge in [0, 0.05) is 25.2 Å². The molecule has 0 bridgehead atoms. The minimum atomic E-state index is -0.999. The van der Waals surface area contributed by atoms with Gasteiger partial charge in [0.15, 0.2) is 17.5 Å². The zero-order valence-electron chi connectivity index (χ0n) is 12.7. The summed E-state index contributed by atoms with van der Waals surface area (Å²) in [5, 5.41) is 17.7. The smallest absolute Gasteiger partial charge is 0.250 e. The fourth-order valence-electron chi connectivity index (χ4n) is 2.85. The maximum atomic E-state index is 12.5. The van der Waals surface area contributed by atoms with Crippen molar-refractivity contribution >= 4 is 5.78 Å². The maximum absolute atomic E-state index is 12.5. The molecule has 3 rings (SSSR count). The molecule has 3 heterocycles. The quantitative estimate of drug-likeness (QED) is 0.841. The highest BCUT2D eigenvalue weighted by Crippen LogP contribution is 2.21. The Labute approximate surface area is 133 Å². The first-order chi connectivity index (χ1) is 11.2. The molecule has 23 heavy (non-hydrogen) atoms. The topological polar surface area (TPSA) is 93.6 Å². The van der Waals surface area contributed by atoms with Crippen LogP contribution in [0.1, 0.15) is 36.8 Å². The van der Waals surface area contributed by atoms with Gasteiger partial charge in [-0.3, -0.25) is 9.59 Å². The molecule has 0 saturated carbocycles. The van der Waals surface area contributed by atoms with Crippen LogP contribution in [0.25, 0.3) is 0 Å². The second-order valence-electron chi connectivity index (χ2n) is 5.63. The van der Waals surface area contributed by atoms with E-state index in [-0.39, 0.29) is 17.9 Å². The highest BCUT2D eigenvalue weighted by Gasteiger charge is 2.28. The Morgan fingerprint density at radius 2 is 2.17 bits per heavy atom. The van der Waals surface area contributed by atoms with E-state index in [1.54, 1.807) is 18.3 Å². The molecule has 1 aliphatic rings. The summed E-state index contributed by atoms with van der Waals surface area (Å²) >= 11 is 0. The van der Waals surface area contributed by atoms with Gasteiger partial charge in [0.05, 0.1) is 12.6 Å². The number of carbonyl (C=O) groups excluding carboxylic acids is 1. The van der Waals surface area contributed by atoms with Crippen molar-refractivity contribution in [2.75, 3.05) is 0 Å². The van der Waals surface area contributed by atoms with Crippen LogP contribution < -0.4 is 5.56 Å². The molecule has 2 aromatic heterocycles. The summed E-state index contributed by atoms with van der Waals surface area (Å²) in [6.07, 6.45) is 5.50. The third-order valence-electron chi connectivity index (χ3n) is 4.07. The average molecular weight is 311 g/mol. The summed E-state index contributed by atoms with van der Waals surface area (Å²) in [6.45, 7) is 0.592. The number of nitrogens with zero attached hydrogens (tertiary/aromatic N) is 5. The minimum Gasteiger partial charge on any atom is -0.313 e. The van der Waals surface area contributed by atoms with E-state index in [0.29, 0.717) is 5.82 Å². The van der Waals surface area contributed by atoms with Gasteiger partial charge in [-0.05, 0) is 18.9 Å². The zero-order valence-corrected chi connectivity index (χ0v) is 12.7. The number of ketones is 1. The van der Waals surface area contributed by atoms with Gasteiger partial charge in [0.25, 0.3) is 5.56 Å². The van der Waals surface area contributed by atoms with Crippen LogP contribution in [0.3, 0.4) is 0 Å². The fraction of sp³-hybridized carbons (Fsp3) is 0.438. The zero-order chi connectivity index (χ0) is 16.2. The number of Topliss-reactive ketones (excluding diaryl/α,β-unsaturated/α-hetero) is 1. The van der Waals surface area contributed by atoms with Gasteiger partial charge < -0.3 is 9.13 Å². The van der Waals surface area contributed by atoms with Crippen molar-refractivity contribution in [3.05, 3.63) is 46.4 Å². The second-order valence-corrected chi connectivity index (χ2v) is 5.63. The molecule has 0 spiro atoms. The molecule has 0 radical (unpaired) electrons. The molecular weight excluding hydrogens is 294 g/mol. The van der Waals surface area contributed by atoms with Gasteiger partial charge >= 0.3 is 0 Å². The number of pyridine rings is 1. The summed E-state index contributed by atoms with van der Waals surface area (Å²) in [5.41, 5.74) is -0.266. The second kappa shape index (κ2) is 6.57. The molecule has 118 valence electrons. The molecule has 0 aromatic carbocycles. The molecular formula is C16H17N5O2. The Morgan fingerprint density at radius 1 is 1.30 bits per heavy atom. The summed E-state index contributed by atoms with van der Waals surface area (Å²) in [6, 6.07) is 6.71. The van der Waals surface area contributed by atoms with E-state index < -0.39 is 5.92 Å². The molecule has 7 heteroatoms. The number of aryl methyl sites for hydroxylation is 1. The number of hydrogen-bond acceptors (Lipinski definition) is 5. The minimum absolute atomic E-state index is 0.139. The standard InChI is InChI=1S/C16H17N5O2/c17-10-12(13(22)11-20-8-5-3-7-15(20)23)16-19-18-14-6-2-1-4-9-21(14)16/h3,5,7-8,12H,1-2,4,6,9,11H2/t12-/m0/s1. The van der Waals surface area contributed by atoms with Crippen LogP contribution in [0.5, 0.6) is 0 Å². The van der Waals surface area contributed by atoms with Crippen LogP contribution in [0.4, 0.5) is 0 Å². The molecule has 1 atom stereocenters. The average Bonchev–Trinajstić information content (AvgIpc) is 2.79. The monoisotopic (exact) mass is 311 g/mol. The fourth-order valence-corrected chi connectivity index (χ4v) is 2.85. The van der Waals surface area contributed by atoms with E-state index in [0.717, 1.165) is 38.1 Å². The van der Waals surface area contributed by atoms with Gasteiger partial charge in [0.2, 0.25) is 0 Å². The largest absolute Gasteiger partial charge is 0.313 e. The predicted octanol–water partition coefficient (Wildman–Crippen LogP) is 1.04. The van der Waals surface area contributed by atoms with Crippen molar-refractivity contribution in [3.8, 4) is 6.07 Å². The predicted molar refractivity (Wildman–Crippen MR) is 81.6 cm³/mol. The summed E-state index contributed by atoms with van der Waals surface area (Å²) in [5.74, 6) is -0.109. The maximum Gasteiger partial charge on any atom is 0.250 e. The number of hydrogen-bond donors (Lipinski definition) is 0. The lowest BCUT2D eigenvalue weighted by molar-refractivity contribution is -0.120. The molecule has 0 N–H and O–H groups in total. The summed E-state index contributed by atoms with van der Waals surface area (Å²) in [4.78, 5) is 24.2. The van der Waals surface area contributed by atoms with E-state index in [2.05, 4.69) is 10.2 Å². The Bertz CT molecular complexity index is 814. The van der Waals surface area contributed by atoms with Crippen molar-refractivity contribution in [2.45, 2.75) is 44.7 Å². The summed E-state index contributed by atoms with van der Waals surface area (Å²) < 4.78 is 3.19. The van der Waals surface area contributed by atoms with Crippen molar-refractivity contribution in [3.63, 3.8) is 0 Å². The van der Waals surface area contributed by atoms with Crippen LogP contribution in [0.15, 0.2) is 29.2 Å². The summed E-state index contributed by atoms with van der Waals surface area (Å²) in [7, 11) is 0. The van der Waals surface area contributed by atoms with Crippen LogP contribution >= 0.6 is 0 Å². The van der Waals surface area contributed by atoms with E-state index in [9.17, 15) is 14.9 Å². The Balaban J connectivity index is 1.87. The molecule has 1 aliphatic heterocycles. The number of nitriles is 1. The molecule has 7 nitrogen and oxygen atoms in total. The SMILES string of the molecule is N#C[C@@H](C(=O)Cn1ccccc1=O)c1nnc2n1CCCCC2. The number of fused-ring (bicyclic) bond motifs is 1. The normalized spacial score (nSPS) is 15.3.